The average molecular weight is 386 g/mol. The lowest BCUT2D eigenvalue weighted by atomic mass is 10.2. The van der Waals surface area contributed by atoms with Gasteiger partial charge in [0.05, 0.1) is 5.69 Å². The molecule has 0 saturated carbocycles. The summed E-state index contributed by atoms with van der Waals surface area (Å²) in [6.07, 6.45) is -5.09. The number of fused-ring (bicyclic) bond motifs is 1. The molecule has 0 N–H and O–H groups in total. The van der Waals surface area contributed by atoms with Crippen LogP contribution in [0.25, 0.3) is 4.96 Å². The molecule has 5 nitrogen and oxygen atoms in total. The number of hydrogen-bond acceptors (Lipinski definition) is 5. The highest BCUT2D eigenvalue weighted by atomic mass is 32.1. The number of nitrogens with zero attached hydrogens (tertiary/aromatic N) is 2. The molecule has 10 heteroatoms. The van der Waals surface area contributed by atoms with E-state index in [0.29, 0.717) is 10.2 Å². The molecule has 2 aromatic heterocycles. The average Bonchev–Trinajstić information content (AvgIpc) is 2.89. The number of aromatic nitrogens is 2. The molecule has 0 spiro atoms. The predicted molar refractivity (Wildman–Crippen MR) is 85.2 cm³/mol. The van der Waals surface area contributed by atoms with Gasteiger partial charge in [0.15, 0.2) is 4.96 Å². The molecule has 0 amide bonds. The van der Waals surface area contributed by atoms with Crippen LogP contribution in [-0.4, -0.2) is 21.3 Å². The van der Waals surface area contributed by atoms with Crippen LogP contribution in [0.4, 0.5) is 17.6 Å². The van der Waals surface area contributed by atoms with E-state index in [-0.39, 0.29) is 22.1 Å². The second kappa shape index (κ2) is 6.52. The molecule has 0 aliphatic carbocycles. The van der Waals surface area contributed by atoms with Crippen LogP contribution >= 0.6 is 11.3 Å². The number of benzene rings is 1. The van der Waals surface area contributed by atoms with Crippen molar-refractivity contribution in [3.8, 4) is 5.75 Å². The summed E-state index contributed by atoms with van der Waals surface area (Å²) in [4.78, 5) is 27.9. The molecule has 3 aromatic rings. The number of Topliss-reactive ketones (excluding diaryl/α,β-unsaturated/α-hetero) is 1. The Hall–Kier alpha value is -2.75. The SMILES string of the molecule is Cc1sc2nc(COc3ccc(F)cc3)cc(=O)n2c1C(=O)C(F)(F)F. The number of ketones is 1. The van der Waals surface area contributed by atoms with Gasteiger partial charge in [-0.25, -0.2) is 13.8 Å². The normalized spacial score (nSPS) is 11.7. The second-order valence-corrected chi connectivity index (χ2v) is 6.46. The first-order chi connectivity index (χ1) is 12.2. The fourth-order valence-corrected chi connectivity index (χ4v) is 3.27. The molecule has 0 unspecified atom stereocenters. The quantitative estimate of drug-likeness (QED) is 0.509. The lowest BCUT2D eigenvalue weighted by molar-refractivity contribution is -0.0889. The van der Waals surface area contributed by atoms with E-state index in [1.165, 1.54) is 31.2 Å². The lowest BCUT2D eigenvalue weighted by Crippen LogP contribution is -2.28. The van der Waals surface area contributed by atoms with E-state index in [9.17, 15) is 27.2 Å². The van der Waals surface area contributed by atoms with Gasteiger partial charge in [0.25, 0.3) is 11.3 Å². The number of alkyl halides is 3. The van der Waals surface area contributed by atoms with E-state index < -0.39 is 29.0 Å². The van der Waals surface area contributed by atoms with Crippen molar-refractivity contribution in [3.63, 3.8) is 0 Å². The predicted octanol–water partition coefficient (Wildman–Crippen LogP) is 3.53. The van der Waals surface area contributed by atoms with Gasteiger partial charge in [0, 0.05) is 10.9 Å². The summed E-state index contributed by atoms with van der Waals surface area (Å²) in [7, 11) is 0. The minimum Gasteiger partial charge on any atom is -0.487 e. The number of carbonyl (C=O) groups is 1. The molecule has 0 radical (unpaired) electrons. The monoisotopic (exact) mass is 386 g/mol. The number of ether oxygens (including phenoxy) is 1. The summed E-state index contributed by atoms with van der Waals surface area (Å²) in [6.45, 7) is 1.17. The topological polar surface area (TPSA) is 60.7 Å². The Kier molecular flexibility index (Phi) is 4.53. The Labute approximate surface area is 147 Å². The largest absolute Gasteiger partial charge is 0.487 e. The van der Waals surface area contributed by atoms with Crippen molar-refractivity contribution in [2.24, 2.45) is 0 Å². The van der Waals surface area contributed by atoms with Crippen LogP contribution in [0.2, 0.25) is 0 Å². The molecular weight excluding hydrogens is 376 g/mol. The van der Waals surface area contributed by atoms with Crippen LogP contribution in [0.5, 0.6) is 5.75 Å². The van der Waals surface area contributed by atoms with Crippen molar-refractivity contribution < 1.29 is 27.1 Å². The van der Waals surface area contributed by atoms with E-state index in [1.807, 2.05) is 0 Å². The Morgan fingerprint density at radius 2 is 1.92 bits per heavy atom. The molecule has 3 rings (SSSR count). The highest BCUT2D eigenvalue weighted by molar-refractivity contribution is 7.17. The zero-order valence-electron chi connectivity index (χ0n) is 13.1. The van der Waals surface area contributed by atoms with Crippen LogP contribution in [0.1, 0.15) is 21.1 Å². The molecule has 26 heavy (non-hydrogen) atoms. The Morgan fingerprint density at radius 1 is 1.27 bits per heavy atom. The van der Waals surface area contributed by atoms with Gasteiger partial charge in [-0.05, 0) is 31.2 Å². The Morgan fingerprint density at radius 3 is 2.54 bits per heavy atom. The first-order valence-electron chi connectivity index (χ1n) is 7.19. The molecule has 0 atom stereocenters. The number of rotatable bonds is 4. The molecule has 1 aromatic carbocycles. The van der Waals surface area contributed by atoms with Gasteiger partial charge in [-0.1, -0.05) is 0 Å². The number of aryl methyl sites for hydroxylation is 1. The standard InChI is InChI=1S/C16H10F4N2O3S/c1-8-13(14(24)16(18,19)20)22-12(23)6-10(21-15(22)26-8)7-25-11-4-2-9(17)3-5-11/h2-6H,7H2,1H3. The Balaban J connectivity index is 1.95. The molecule has 0 aliphatic rings. The zero-order valence-corrected chi connectivity index (χ0v) is 13.9. The number of thiazole rings is 1. The zero-order chi connectivity index (χ0) is 19.1. The fraction of sp³-hybridized carbons (Fsp3) is 0.188. The Bertz CT molecular complexity index is 1040. The van der Waals surface area contributed by atoms with Gasteiger partial charge in [-0.15, -0.1) is 11.3 Å². The van der Waals surface area contributed by atoms with Gasteiger partial charge >= 0.3 is 6.18 Å². The van der Waals surface area contributed by atoms with Crippen LogP contribution in [0.15, 0.2) is 35.1 Å². The number of hydrogen-bond donors (Lipinski definition) is 0. The molecule has 2 heterocycles. The van der Waals surface area contributed by atoms with E-state index >= 15 is 0 Å². The molecule has 0 saturated heterocycles. The van der Waals surface area contributed by atoms with Gasteiger partial charge in [-0.2, -0.15) is 13.2 Å². The maximum Gasteiger partial charge on any atom is 0.456 e. The van der Waals surface area contributed by atoms with Gasteiger partial charge < -0.3 is 4.74 Å². The van der Waals surface area contributed by atoms with Crippen LogP contribution in [-0.2, 0) is 6.61 Å². The fourth-order valence-electron chi connectivity index (χ4n) is 2.28. The van der Waals surface area contributed by atoms with E-state index in [2.05, 4.69) is 4.98 Å². The molecule has 0 fully saturated rings. The lowest BCUT2D eigenvalue weighted by Gasteiger charge is -2.07. The third kappa shape index (κ3) is 3.45. The summed E-state index contributed by atoms with van der Waals surface area (Å²) in [6, 6.07) is 6.15. The summed E-state index contributed by atoms with van der Waals surface area (Å²) >= 11 is 0.801. The van der Waals surface area contributed by atoms with Crippen molar-refractivity contribution in [1.29, 1.82) is 0 Å². The molecule has 0 bridgehead atoms. The van der Waals surface area contributed by atoms with Gasteiger partial charge in [0.1, 0.15) is 23.9 Å². The van der Waals surface area contributed by atoms with E-state index in [0.717, 1.165) is 17.4 Å². The first kappa shape index (κ1) is 18.1. The molecular formula is C16H10F4N2O3S. The van der Waals surface area contributed by atoms with Crippen molar-refractivity contribution in [1.82, 2.24) is 9.38 Å². The first-order valence-corrected chi connectivity index (χ1v) is 8.00. The third-order valence-corrected chi connectivity index (χ3v) is 4.37. The highest BCUT2D eigenvalue weighted by Crippen LogP contribution is 2.27. The van der Waals surface area contributed by atoms with Crippen molar-refractivity contribution >= 4 is 22.1 Å². The summed E-state index contributed by atoms with van der Waals surface area (Å²) < 4.78 is 57.1. The van der Waals surface area contributed by atoms with Crippen LogP contribution in [0.3, 0.4) is 0 Å². The maximum atomic E-state index is 12.8. The van der Waals surface area contributed by atoms with Crippen molar-refractivity contribution in [3.05, 3.63) is 62.8 Å². The summed E-state index contributed by atoms with van der Waals surface area (Å²) in [5, 5.41) is 0. The highest BCUT2D eigenvalue weighted by Gasteiger charge is 2.42. The van der Waals surface area contributed by atoms with Crippen LogP contribution in [0, 0.1) is 12.7 Å². The van der Waals surface area contributed by atoms with E-state index in [4.69, 9.17) is 4.74 Å². The van der Waals surface area contributed by atoms with Crippen LogP contribution < -0.4 is 10.3 Å². The van der Waals surface area contributed by atoms with E-state index in [1.54, 1.807) is 0 Å². The molecule has 0 aliphatic heterocycles. The maximum absolute atomic E-state index is 12.8. The number of carbonyl (C=O) groups excluding carboxylic acids is 1. The second-order valence-electron chi connectivity index (χ2n) is 5.28. The number of halogens is 4. The van der Waals surface area contributed by atoms with Crippen molar-refractivity contribution in [2.75, 3.05) is 0 Å². The minimum atomic E-state index is -5.09. The smallest absolute Gasteiger partial charge is 0.456 e. The van der Waals surface area contributed by atoms with Gasteiger partial charge in [0.2, 0.25) is 0 Å². The summed E-state index contributed by atoms with van der Waals surface area (Å²) in [5.41, 5.74) is -1.38. The third-order valence-electron chi connectivity index (χ3n) is 3.42. The summed E-state index contributed by atoms with van der Waals surface area (Å²) in [5.74, 6) is -2.20. The van der Waals surface area contributed by atoms with Gasteiger partial charge in [-0.3, -0.25) is 9.59 Å². The van der Waals surface area contributed by atoms with Crippen molar-refractivity contribution in [2.45, 2.75) is 19.7 Å². The molecule has 136 valence electrons. The minimum absolute atomic E-state index is 0.0357.